The van der Waals surface area contributed by atoms with E-state index in [-0.39, 0.29) is 50.9 Å². The van der Waals surface area contributed by atoms with E-state index in [0.29, 0.717) is 12.0 Å². The van der Waals surface area contributed by atoms with Crippen molar-refractivity contribution in [2.45, 2.75) is 6.42 Å². The quantitative estimate of drug-likeness (QED) is 0.281. The number of hydrogen-bond donors (Lipinski definition) is 1. The monoisotopic (exact) mass is 346 g/mol. The summed E-state index contributed by atoms with van der Waals surface area (Å²) in [5.41, 5.74) is 1.56. The first-order valence-electron chi connectivity index (χ1n) is 5.78. The molecule has 0 aliphatic heterocycles. The van der Waals surface area contributed by atoms with Crippen LogP contribution in [0.15, 0.2) is 72.5 Å². The summed E-state index contributed by atoms with van der Waals surface area (Å²) < 4.78 is 0. The van der Waals surface area contributed by atoms with Gasteiger partial charge in [-0.1, -0.05) is 60.7 Å². The first-order chi connectivity index (χ1) is 8.75. The Morgan fingerprint density at radius 2 is 1.32 bits per heavy atom. The molecule has 0 aliphatic carbocycles. The van der Waals surface area contributed by atoms with Crippen LogP contribution >= 0.6 is 0 Å². The molecule has 1 radical (unpaired) electrons. The van der Waals surface area contributed by atoms with Crippen molar-refractivity contribution in [1.29, 1.82) is 0 Å². The van der Waals surface area contributed by atoms with Crippen molar-refractivity contribution < 1.29 is 27.0 Å². The van der Waals surface area contributed by atoms with Gasteiger partial charge in [-0.25, -0.2) is 0 Å². The number of allylic oxidation sites excluding steroid dienone is 2. The number of benzene rings is 2. The molecule has 3 heteroatoms. The normalized spacial score (nSPS) is 9.18. The van der Waals surface area contributed by atoms with Gasteiger partial charge in [0.25, 0.3) is 0 Å². The van der Waals surface area contributed by atoms with Gasteiger partial charge < -0.3 is 27.4 Å². The van der Waals surface area contributed by atoms with E-state index in [9.17, 15) is 9.90 Å². The Morgan fingerprint density at radius 1 is 0.864 bits per heavy atom. The predicted molar refractivity (Wildman–Crippen MR) is 90.9 cm³/mol. The molecule has 0 aromatic heterocycles. The predicted octanol–water partition coefficient (Wildman–Crippen LogP) is 4.90. The molecule has 0 amide bonds. The number of rotatable bonds is 4. The third-order valence-corrected chi connectivity index (χ3v) is 2.58. The van der Waals surface area contributed by atoms with Gasteiger partial charge in [-0.15, -0.1) is 0 Å². The summed E-state index contributed by atoms with van der Waals surface area (Å²) in [7, 11) is 0. The smallest absolute Gasteiger partial charge is 0.189 e. The molecular formula is C19H23CuO2-3. The molecule has 0 unspecified atom stereocenters. The minimum absolute atomic E-state index is 0. The fourth-order valence-corrected chi connectivity index (χ4v) is 1.69. The second-order valence-corrected chi connectivity index (χ2v) is 4.03. The molecule has 2 rings (SSSR count). The van der Waals surface area contributed by atoms with Gasteiger partial charge in [0.05, 0.1) is 0 Å². The van der Waals surface area contributed by atoms with Crippen molar-refractivity contribution in [3.8, 4) is 0 Å². The molecule has 0 atom stereocenters. The maximum absolute atomic E-state index is 11.8. The van der Waals surface area contributed by atoms with Crippen molar-refractivity contribution in [3.63, 3.8) is 0 Å². The van der Waals surface area contributed by atoms with Crippen molar-refractivity contribution in [3.05, 3.63) is 106 Å². The number of carbonyl (C=O) groups is 1. The van der Waals surface area contributed by atoms with E-state index in [1.54, 1.807) is 24.3 Å². The zero-order valence-corrected chi connectivity index (χ0v) is 14.2. The third-order valence-electron chi connectivity index (χ3n) is 2.58. The van der Waals surface area contributed by atoms with Crippen molar-refractivity contribution in [2.75, 3.05) is 0 Å². The summed E-state index contributed by atoms with van der Waals surface area (Å²) in [6.45, 7) is 0. The maximum Gasteiger partial charge on any atom is 0.189 e. The molecule has 1 N–H and O–H groups in total. The van der Waals surface area contributed by atoms with Gasteiger partial charge in [-0.05, 0) is 5.56 Å². The van der Waals surface area contributed by atoms with Crippen LogP contribution in [0.4, 0.5) is 0 Å². The Morgan fingerprint density at radius 3 is 1.82 bits per heavy atom. The maximum atomic E-state index is 11.8. The van der Waals surface area contributed by atoms with Crippen LogP contribution < -0.4 is 0 Å². The minimum atomic E-state index is -0.177. The standard InChI is InChI=1S/C16H14O2.3CH3.Cu/c17-15(11-13-7-3-1-4-8-13)12-16(18)14-9-5-2-6-10-14;;;;/h1-10,12,17H,11H2;3*1H3;/q;3*-1;/b15-12-;;;;. The average Bonchev–Trinajstić information content (AvgIpc) is 2.40. The second-order valence-electron chi connectivity index (χ2n) is 4.03. The van der Waals surface area contributed by atoms with Crippen LogP contribution in [-0.2, 0) is 23.5 Å². The van der Waals surface area contributed by atoms with Crippen LogP contribution in [0, 0.1) is 22.3 Å². The molecular weight excluding hydrogens is 324 g/mol. The number of carbonyl (C=O) groups excluding carboxylic acids is 1. The van der Waals surface area contributed by atoms with Gasteiger partial charge in [-0.2, -0.15) is 0 Å². The van der Waals surface area contributed by atoms with Crippen molar-refractivity contribution in [1.82, 2.24) is 0 Å². The number of aliphatic hydroxyl groups excluding tert-OH is 1. The van der Waals surface area contributed by atoms with Crippen LogP contribution in [0.25, 0.3) is 0 Å². The molecule has 0 spiro atoms. The fourth-order valence-electron chi connectivity index (χ4n) is 1.69. The van der Waals surface area contributed by atoms with E-state index in [2.05, 4.69) is 0 Å². The summed E-state index contributed by atoms with van der Waals surface area (Å²) in [5.74, 6) is -0.0981. The van der Waals surface area contributed by atoms with Crippen LogP contribution in [-0.4, -0.2) is 10.9 Å². The summed E-state index contributed by atoms with van der Waals surface area (Å²) >= 11 is 0. The van der Waals surface area contributed by atoms with E-state index in [1.807, 2.05) is 36.4 Å². The molecule has 22 heavy (non-hydrogen) atoms. The molecule has 0 saturated heterocycles. The molecule has 0 saturated carbocycles. The largest absolute Gasteiger partial charge is 0.512 e. The van der Waals surface area contributed by atoms with Gasteiger partial charge >= 0.3 is 0 Å². The number of ketones is 1. The second kappa shape index (κ2) is 12.9. The zero-order chi connectivity index (χ0) is 12.8. The van der Waals surface area contributed by atoms with Crippen LogP contribution in [0.2, 0.25) is 0 Å². The van der Waals surface area contributed by atoms with Gasteiger partial charge in [-0.3, -0.25) is 4.79 Å². The van der Waals surface area contributed by atoms with Crippen molar-refractivity contribution in [2.24, 2.45) is 0 Å². The SMILES string of the molecule is O=C(/C=C(\O)Cc1ccccc1)c1ccccc1.[CH3-].[CH3-].[CH3-].[Cu]. The van der Waals surface area contributed by atoms with E-state index < -0.39 is 0 Å². The summed E-state index contributed by atoms with van der Waals surface area (Å²) in [5, 5.41) is 9.77. The Labute approximate surface area is 145 Å². The molecule has 0 fully saturated rings. The first-order valence-corrected chi connectivity index (χ1v) is 5.78. The molecule has 0 aliphatic rings. The van der Waals surface area contributed by atoms with E-state index >= 15 is 0 Å². The van der Waals surface area contributed by atoms with Gasteiger partial charge in [0.2, 0.25) is 0 Å². The Kier molecular flexibility index (Phi) is 14.7. The number of aliphatic hydroxyl groups is 1. The van der Waals surface area contributed by atoms with Gasteiger partial charge in [0, 0.05) is 35.1 Å². The zero-order valence-electron chi connectivity index (χ0n) is 13.2. The van der Waals surface area contributed by atoms with Gasteiger partial charge in [0.15, 0.2) is 5.78 Å². The Balaban J connectivity index is -0.000000902. The Bertz CT molecular complexity index is 548. The van der Waals surface area contributed by atoms with Crippen LogP contribution in [0.5, 0.6) is 0 Å². The molecule has 2 aromatic carbocycles. The third kappa shape index (κ3) is 7.82. The molecule has 0 bridgehead atoms. The average molecular weight is 347 g/mol. The summed E-state index contributed by atoms with van der Waals surface area (Å²) in [4.78, 5) is 11.8. The minimum Gasteiger partial charge on any atom is -0.512 e. The topological polar surface area (TPSA) is 37.3 Å². The van der Waals surface area contributed by atoms with E-state index in [4.69, 9.17) is 0 Å². The fraction of sp³-hybridized carbons (Fsp3) is 0.0526. The van der Waals surface area contributed by atoms with Crippen LogP contribution in [0.1, 0.15) is 15.9 Å². The summed E-state index contributed by atoms with van der Waals surface area (Å²) in [6, 6.07) is 18.5. The van der Waals surface area contributed by atoms with E-state index in [0.717, 1.165) is 5.56 Å². The van der Waals surface area contributed by atoms with Crippen LogP contribution in [0.3, 0.4) is 0 Å². The number of hydrogen-bond acceptors (Lipinski definition) is 2. The van der Waals surface area contributed by atoms with Gasteiger partial charge in [0.1, 0.15) is 5.76 Å². The summed E-state index contributed by atoms with van der Waals surface area (Å²) in [6.07, 6.45) is 1.65. The molecule has 2 aromatic rings. The van der Waals surface area contributed by atoms with Crippen molar-refractivity contribution >= 4 is 5.78 Å². The molecule has 125 valence electrons. The molecule has 0 heterocycles. The Hall–Kier alpha value is -1.83. The van der Waals surface area contributed by atoms with E-state index in [1.165, 1.54) is 6.08 Å². The molecule has 2 nitrogen and oxygen atoms in total. The first kappa shape index (κ1) is 25.1.